The molecule has 0 aromatic heterocycles. The van der Waals surface area contributed by atoms with Gasteiger partial charge in [-0.3, -0.25) is 14.4 Å². The number of aryl methyl sites for hydroxylation is 1. The van der Waals surface area contributed by atoms with Crippen LogP contribution in [0, 0.1) is 12.8 Å². The number of hydrogen-bond acceptors (Lipinski definition) is 4. The first-order valence-corrected chi connectivity index (χ1v) is 9.80. The topological polar surface area (TPSA) is 75.7 Å². The molecule has 0 radical (unpaired) electrons. The first-order valence-electron chi connectivity index (χ1n) is 9.42. The van der Waals surface area contributed by atoms with Crippen molar-refractivity contribution in [3.8, 4) is 0 Å². The molecule has 0 unspecified atom stereocenters. The number of amides is 2. The Bertz CT molecular complexity index is 916. The van der Waals surface area contributed by atoms with Crippen LogP contribution in [0.15, 0.2) is 48.5 Å². The van der Waals surface area contributed by atoms with Gasteiger partial charge in [-0.25, -0.2) is 0 Å². The normalized spacial score (nSPS) is 17.1. The maximum atomic E-state index is 12.5. The minimum atomic E-state index is -0.985. The third-order valence-electron chi connectivity index (χ3n) is 4.87. The van der Waals surface area contributed by atoms with Gasteiger partial charge in [-0.15, -0.1) is 0 Å². The molecule has 0 saturated carbocycles. The molecular weight excluding hydrogens is 392 g/mol. The van der Waals surface area contributed by atoms with Crippen molar-refractivity contribution in [1.29, 1.82) is 0 Å². The number of esters is 1. The average Bonchev–Trinajstić information content (AvgIpc) is 3.06. The Labute approximate surface area is 174 Å². The summed E-state index contributed by atoms with van der Waals surface area (Å²) in [7, 11) is 0. The summed E-state index contributed by atoms with van der Waals surface area (Å²) >= 11 is 6.06. The van der Waals surface area contributed by atoms with Crippen molar-refractivity contribution in [3.05, 3.63) is 64.7 Å². The molecule has 1 fully saturated rings. The Balaban J connectivity index is 1.53. The number of halogens is 1. The van der Waals surface area contributed by atoms with E-state index < -0.39 is 23.9 Å². The van der Waals surface area contributed by atoms with Crippen LogP contribution in [0.1, 0.15) is 24.5 Å². The lowest BCUT2D eigenvalue weighted by molar-refractivity contribution is -0.157. The number of carbonyl (C=O) groups is 3. The Morgan fingerprint density at radius 2 is 1.97 bits per heavy atom. The lowest BCUT2D eigenvalue weighted by Gasteiger charge is -2.18. The van der Waals surface area contributed by atoms with Gasteiger partial charge in [-0.1, -0.05) is 48.0 Å². The van der Waals surface area contributed by atoms with Crippen molar-refractivity contribution >= 4 is 35.1 Å². The summed E-state index contributed by atoms with van der Waals surface area (Å²) in [5, 5.41) is 3.22. The van der Waals surface area contributed by atoms with Crippen molar-refractivity contribution in [2.45, 2.75) is 32.9 Å². The zero-order chi connectivity index (χ0) is 21.0. The molecule has 1 aliphatic rings. The smallest absolute Gasteiger partial charge is 0.312 e. The molecule has 7 heteroatoms. The Kier molecular flexibility index (Phi) is 6.54. The summed E-state index contributed by atoms with van der Waals surface area (Å²) in [4.78, 5) is 38.7. The SMILES string of the molecule is Cc1ccc(NC(=O)[C@H](C)OC(=O)[C@@H]2CC(=O)N(Cc3ccccc3)C2)cc1Cl. The highest BCUT2D eigenvalue weighted by atomic mass is 35.5. The second kappa shape index (κ2) is 9.09. The molecule has 152 valence electrons. The first-order chi connectivity index (χ1) is 13.8. The standard InChI is InChI=1S/C22H23ClN2O4/c1-14-8-9-18(11-19(14)23)24-21(27)15(2)29-22(28)17-10-20(26)25(13-17)12-16-6-4-3-5-7-16/h3-9,11,15,17H,10,12-13H2,1-2H3,(H,24,27)/t15-,17+/m0/s1. The summed E-state index contributed by atoms with van der Waals surface area (Å²) in [6.45, 7) is 4.10. The van der Waals surface area contributed by atoms with E-state index >= 15 is 0 Å². The van der Waals surface area contributed by atoms with Gasteiger partial charge >= 0.3 is 5.97 Å². The summed E-state index contributed by atoms with van der Waals surface area (Å²) in [5.41, 5.74) is 2.42. The van der Waals surface area contributed by atoms with Crippen molar-refractivity contribution in [1.82, 2.24) is 4.90 Å². The number of carbonyl (C=O) groups excluding carboxylic acids is 3. The van der Waals surface area contributed by atoms with E-state index in [1.807, 2.05) is 37.3 Å². The lowest BCUT2D eigenvalue weighted by Crippen LogP contribution is -2.33. The van der Waals surface area contributed by atoms with Crippen molar-refractivity contribution in [2.24, 2.45) is 5.92 Å². The third kappa shape index (κ3) is 5.35. The van der Waals surface area contributed by atoms with Crippen molar-refractivity contribution < 1.29 is 19.1 Å². The molecule has 0 spiro atoms. The Morgan fingerprint density at radius 3 is 2.66 bits per heavy atom. The molecule has 29 heavy (non-hydrogen) atoms. The Morgan fingerprint density at radius 1 is 1.24 bits per heavy atom. The highest BCUT2D eigenvalue weighted by molar-refractivity contribution is 6.31. The van der Waals surface area contributed by atoms with E-state index in [1.165, 1.54) is 6.92 Å². The molecular formula is C22H23ClN2O4. The zero-order valence-corrected chi connectivity index (χ0v) is 17.1. The maximum absolute atomic E-state index is 12.5. The number of hydrogen-bond donors (Lipinski definition) is 1. The highest BCUT2D eigenvalue weighted by Gasteiger charge is 2.36. The summed E-state index contributed by atoms with van der Waals surface area (Å²) < 4.78 is 5.31. The Hall–Kier alpha value is -2.86. The van der Waals surface area contributed by atoms with Crippen LogP contribution in [0.25, 0.3) is 0 Å². The molecule has 3 rings (SSSR count). The second-order valence-electron chi connectivity index (χ2n) is 7.19. The van der Waals surface area contributed by atoms with Gasteiger partial charge in [0.25, 0.3) is 5.91 Å². The number of ether oxygens (including phenoxy) is 1. The number of rotatable bonds is 6. The molecule has 1 N–H and O–H groups in total. The minimum absolute atomic E-state index is 0.0908. The van der Waals surface area contributed by atoms with E-state index in [0.717, 1.165) is 11.1 Å². The van der Waals surface area contributed by atoms with Crippen LogP contribution in [0.3, 0.4) is 0 Å². The molecule has 1 heterocycles. The van der Waals surface area contributed by atoms with Gasteiger partial charge in [0.15, 0.2) is 6.10 Å². The summed E-state index contributed by atoms with van der Waals surface area (Å²) in [6.07, 6.45) is -0.894. The van der Waals surface area contributed by atoms with E-state index in [-0.39, 0.29) is 18.9 Å². The van der Waals surface area contributed by atoms with Crippen LogP contribution >= 0.6 is 11.6 Å². The molecule has 2 atom stereocenters. The lowest BCUT2D eigenvalue weighted by atomic mass is 10.1. The largest absolute Gasteiger partial charge is 0.452 e. The van der Waals surface area contributed by atoms with Crippen molar-refractivity contribution in [2.75, 3.05) is 11.9 Å². The number of nitrogens with one attached hydrogen (secondary N) is 1. The molecule has 2 aromatic rings. The van der Waals surface area contributed by atoms with Crippen molar-refractivity contribution in [3.63, 3.8) is 0 Å². The monoisotopic (exact) mass is 414 g/mol. The maximum Gasteiger partial charge on any atom is 0.312 e. The number of benzene rings is 2. The molecule has 2 aromatic carbocycles. The van der Waals surface area contributed by atoms with Gasteiger partial charge in [0.05, 0.1) is 5.92 Å². The van der Waals surface area contributed by atoms with Crippen LogP contribution in [-0.2, 0) is 25.7 Å². The van der Waals surface area contributed by atoms with Crippen LogP contribution in [0.5, 0.6) is 0 Å². The van der Waals surface area contributed by atoms with Crippen LogP contribution in [0.4, 0.5) is 5.69 Å². The molecule has 6 nitrogen and oxygen atoms in total. The molecule has 1 saturated heterocycles. The molecule has 0 aliphatic carbocycles. The fourth-order valence-corrected chi connectivity index (χ4v) is 3.31. The molecule has 0 bridgehead atoms. The fourth-order valence-electron chi connectivity index (χ4n) is 3.13. The predicted octanol–water partition coefficient (Wildman–Crippen LogP) is 3.57. The van der Waals surface area contributed by atoms with Crippen LogP contribution < -0.4 is 5.32 Å². The summed E-state index contributed by atoms with van der Waals surface area (Å²) in [5.74, 6) is -1.67. The number of anilines is 1. The predicted molar refractivity (Wildman–Crippen MR) is 110 cm³/mol. The van der Waals surface area contributed by atoms with E-state index in [0.29, 0.717) is 17.3 Å². The number of likely N-dealkylation sites (tertiary alicyclic amines) is 1. The third-order valence-corrected chi connectivity index (χ3v) is 5.27. The minimum Gasteiger partial charge on any atom is -0.452 e. The van der Waals surface area contributed by atoms with Gasteiger partial charge in [-0.2, -0.15) is 0 Å². The molecule has 1 aliphatic heterocycles. The average molecular weight is 415 g/mol. The summed E-state index contributed by atoms with van der Waals surface area (Å²) in [6, 6.07) is 14.7. The first kappa shape index (κ1) is 20.9. The van der Waals surface area contributed by atoms with Gasteiger partial charge in [-0.05, 0) is 37.1 Å². The fraction of sp³-hybridized carbons (Fsp3) is 0.318. The number of nitrogens with zero attached hydrogens (tertiary/aromatic N) is 1. The van der Waals surface area contributed by atoms with Crippen LogP contribution in [0.2, 0.25) is 5.02 Å². The van der Waals surface area contributed by atoms with E-state index in [2.05, 4.69) is 5.32 Å². The van der Waals surface area contributed by atoms with Gasteiger partial charge < -0.3 is 15.0 Å². The van der Waals surface area contributed by atoms with Gasteiger partial charge in [0.2, 0.25) is 5.91 Å². The zero-order valence-electron chi connectivity index (χ0n) is 16.4. The van der Waals surface area contributed by atoms with E-state index in [1.54, 1.807) is 23.1 Å². The quantitative estimate of drug-likeness (QED) is 0.733. The van der Waals surface area contributed by atoms with Gasteiger partial charge in [0, 0.05) is 30.2 Å². The van der Waals surface area contributed by atoms with Crippen LogP contribution in [-0.4, -0.2) is 35.3 Å². The molecule has 2 amide bonds. The van der Waals surface area contributed by atoms with Gasteiger partial charge in [0.1, 0.15) is 0 Å². The highest BCUT2D eigenvalue weighted by Crippen LogP contribution is 2.23. The van der Waals surface area contributed by atoms with E-state index in [4.69, 9.17) is 16.3 Å². The second-order valence-corrected chi connectivity index (χ2v) is 7.60. The van der Waals surface area contributed by atoms with E-state index in [9.17, 15) is 14.4 Å².